The summed E-state index contributed by atoms with van der Waals surface area (Å²) in [5, 5.41) is 15.3. The number of rotatable bonds is 4. The normalized spacial score (nSPS) is 12.2. The highest BCUT2D eigenvalue weighted by molar-refractivity contribution is 6.35. The van der Waals surface area contributed by atoms with Crippen molar-refractivity contribution in [1.29, 1.82) is 0 Å². The summed E-state index contributed by atoms with van der Waals surface area (Å²) in [5.41, 5.74) is 6.95. The molecule has 3 heterocycles. The lowest BCUT2D eigenvalue weighted by Crippen LogP contribution is -2.33. The van der Waals surface area contributed by atoms with E-state index in [-0.39, 0.29) is 22.6 Å². The zero-order valence-electron chi connectivity index (χ0n) is 17.3. The molecule has 2 aromatic carbocycles. The van der Waals surface area contributed by atoms with Gasteiger partial charge in [-0.15, -0.1) is 10.2 Å². The molecule has 3 N–H and O–H groups in total. The number of nitrogens with one attached hydrogen (secondary N) is 1. The van der Waals surface area contributed by atoms with Crippen LogP contribution < -0.4 is 16.6 Å². The molecule has 0 fully saturated rings. The van der Waals surface area contributed by atoms with Crippen molar-refractivity contribution in [2.24, 2.45) is 0 Å². The smallest absolute Gasteiger partial charge is 0.267 e. The fraction of sp³-hybridized carbons (Fsp3) is 0.0909. The maximum atomic E-state index is 13.5. The van der Waals surface area contributed by atoms with Gasteiger partial charge >= 0.3 is 0 Å². The zero-order chi connectivity index (χ0) is 23.1. The number of halogens is 1. The number of carbonyl (C=O) groups excluding carboxylic acids is 1. The lowest BCUT2D eigenvalue weighted by atomic mass is 10.2. The number of nitrogen functional groups attached to an aromatic ring is 1. The summed E-state index contributed by atoms with van der Waals surface area (Å²) in [6.07, 6.45) is 2.98. The van der Waals surface area contributed by atoms with Gasteiger partial charge in [-0.25, -0.2) is 9.50 Å². The number of para-hydroxylation sites is 1. The van der Waals surface area contributed by atoms with Gasteiger partial charge in [0.05, 0.1) is 40.0 Å². The van der Waals surface area contributed by atoms with Crippen molar-refractivity contribution in [2.45, 2.75) is 13.0 Å². The highest BCUT2D eigenvalue weighted by Gasteiger charge is 2.25. The van der Waals surface area contributed by atoms with Gasteiger partial charge in [-0.2, -0.15) is 5.10 Å². The third kappa shape index (κ3) is 3.46. The van der Waals surface area contributed by atoms with E-state index >= 15 is 0 Å². The first kappa shape index (κ1) is 20.6. The second-order valence-corrected chi connectivity index (χ2v) is 7.72. The molecule has 0 saturated carbocycles. The molecule has 5 rings (SSSR count). The van der Waals surface area contributed by atoms with E-state index in [0.717, 1.165) is 0 Å². The van der Waals surface area contributed by atoms with Gasteiger partial charge in [0.25, 0.3) is 11.5 Å². The summed E-state index contributed by atoms with van der Waals surface area (Å²) >= 11 is 6.32. The molecule has 0 radical (unpaired) electrons. The second kappa shape index (κ2) is 7.99. The Hall–Kier alpha value is -4.31. The lowest BCUT2D eigenvalue weighted by Gasteiger charge is -2.20. The summed E-state index contributed by atoms with van der Waals surface area (Å²) < 4.78 is 2.82. The van der Waals surface area contributed by atoms with Gasteiger partial charge in [0.1, 0.15) is 11.4 Å². The molecule has 10 nitrogen and oxygen atoms in total. The van der Waals surface area contributed by atoms with Gasteiger partial charge in [-0.1, -0.05) is 35.9 Å². The molecule has 0 unspecified atom stereocenters. The summed E-state index contributed by atoms with van der Waals surface area (Å²) in [4.78, 5) is 31.3. The average molecular weight is 461 g/mol. The Balaban J connectivity index is 1.64. The van der Waals surface area contributed by atoms with E-state index in [2.05, 4.69) is 25.6 Å². The molecule has 0 aliphatic carbocycles. The molecular formula is C22H17ClN8O2. The Morgan fingerprint density at radius 2 is 1.94 bits per heavy atom. The van der Waals surface area contributed by atoms with E-state index in [1.807, 2.05) is 18.2 Å². The number of amides is 1. The van der Waals surface area contributed by atoms with Crippen LogP contribution in [0.25, 0.3) is 22.2 Å². The van der Waals surface area contributed by atoms with Crippen LogP contribution in [0.1, 0.15) is 29.1 Å². The maximum absolute atomic E-state index is 13.5. The number of fused-ring (bicyclic) bond motifs is 2. The topological polar surface area (TPSA) is 133 Å². The number of anilines is 1. The number of nitrogens with zero attached hydrogens (tertiary/aromatic N) is 6. The highest BCUT2D eigenvalue weighted by atomic mass is 35.5. The molecule has 0 aliphatic heterocycles. The SMILES string of the molecule is C[C@H](NC(=O)c1c(N)nn2ccnnc12)c1nc2cccc(Cl)c2c(=O)n1-c1ccccc1. The highest BCUT2D eigenvalue weighted by Crippen LogP contribution is 2.23. The van der Waals surface area contributed by atoms with Crippen molar-refractivity contribution in [1.82, 2.24) is 34.7 Å². The van der Waals surface area contributed by atoms with Crippen molar-refractivity contribution < 1.29 is 4.79 Å². The molecular weight excluding hydrogens is 444 g/mol. The Labute approximate surface area is 191 Å². The third-order valence-electron chi connectivity index (χ3n) is 5.19. The fourth-order valence-electron chi connectivity index (χ4n) is 3.70. The van der Waals surface area contributed by atoms with E-state index in [1.165, 1.54) is 15.3 Å². The van der Waals surface area contributed by atoms with E-state index in [0.29, 0.717) is 27.4 Å². The van der Waals surface area contributed by atoms with Gasteiger partial charge in [0.2, 0.25) is 0 Å². The van der Waals surface area contributed by atoms with Gasteiger partial charge in [0.15, 0.2) is 11.5 Å². The van der Waals surface area contributed by atoms with E-state index < -0.39 is 11.9 Å². The predicted molar refractivity (Wildman–Crippen MR) is 123 cm³/mol. The largest absolute Gasteiger partial charge is 0.381 e. The van der Waals surface area contributed by atoms with Crippen LogP contribution in [-0.4, -0.2) is 35.3 Å². The van der Waals surface area contributed by atoms with Crippen LogP contribution in [-0.2, 0) is 0 Å². The van der Waals surface area contributed by atoms with Crippen LogP contribution in [0.5, 0.6) is 0 Å². The minimum absolute atomic E-state index is 0.0129. The fourth-order valence-corrected chi connectivity index (χ4v) is 3.95. The number of benzene rings is 2. The van der Waals surface area contributed by atoms with Gasteiger partial charge in [-0.3, -0.25) is 14.2 Å². The maximum Gasteiger partial charge on any atom is 0.267 e. The van der Waals surface area contributed by atoms with E-state index in [9.17, 15) is 9.59 Å². The van der Waals surface area contributed by atoms with Crippen molar-refractivity contribution in [2.75, 3.05) is 5.73 Å². The van der Waals surface area contributed by atoms with Gasteiger partial charge in [0, 0.05) is 0 Å². The van der Waals surface area contributed by atoms with Gasteiger partial charge in [-0.05, 0) is 31.2 Å². The first-order chi connectivity index (χ1) is 16.0. The third-order valence-corrected chi connectivity index (χ3v) is 5.50. The molecule has 0 bridgehead atoms. The molecule has 1 amide bonds. The number of aromatic nitrogens is 6. The Morgan fingerprint density at radius 3 is 2.73 bits per heavy atom. The molecule has 0 aliphatic rings. The number of nitrogens with two attached hydrogens (primary N) is 1. The van der Waals surface area contributed by atoms with Crippen molar-refractivity contribution >= 4 is 39.9 Å². The molecule has 5 aromatic rings. The van der Waals surface area contributed by atoms with E-state index in [4.69, 9.17) is 17.3 Å². The average Bonchev–Trinajstić information content (AvgIpc) is 3.15. The van der Waals surface area contributed by atoms with Crippen molar-refractivity contribution in [3.05, 3.63) is 87.7 Å². The van der Waals surface area contributed by atoms with E-state index in [1.54, 1.807) is 43.5 Å². The van der Waals surface area contributed by atoms with Crippen LogP contribution in [0, 0.1) is 0 Å². The first-order valence-electron chi connectivity index (χ1n) is 9.98. The minimum atomic E-state index is -0.681. The molecule has 3 aromatic heterocycles. The zero-order valence-corrected chi connectivity index (χ0v) is 18.1. The monoisotopic (exact) mass is 460 g/mol. The van der Waals surface area contributed by atoms with Crippen LogP contribution in [0.15, 0.2) is 65.7 Å². The van der Waals surface area contributed by atoms with Crippen LogP contribution >= 0.6 is 11.6 Å². The van der Waals surface area contributed by atoms with Crippen LogP contribution in [0.4, 0.5) is 5.82 Å². The van der Waals surface area contributed by atoms with Crippen LogP contribution in [0.2, 0.25) is 5.02 Å². The standard InChI is InChI=1S/C22H17ClN8O2/c1-12(26-21(32)17-18(24)29-30-11-10-25-28-20(17)30)19-27-15-9-5-8-14(23)16(15)22(33)31(19)13-6-3-2-4-7-13/h2-12H,1H3,(H2,24,29)(H,26,32)/t12-/m0/s1. The molecule has 1 atom stereocenters. The number of hydrogen-bond acceptors (Lipinski definition) is 7. The summed E-state index contributed by atoms with van der Waals surface area (Å²) in [6, 6.07) is 13.4. The molecule has 0 spiro atoms. The predicted octanol–water partition coefficient (Wildman–Crippen LogP) is 2.55. The Kier molecular flexibility index (Phi) is 4.98. The van der Waals surface area contributed by atoms with Crippen molar-refractivity contribution in [3.8, 4) is 5.69 Å². The molecule has 164 valence electrons. The Morgan fingerprint density at radius 1 is 1.15 bits per heavy atom. The van der Waals surface area contributed by atoms with Crippen molar-refractivity contribution in [3.63, 3.8) is 0 Å². The molecule has 11 heteroatoms. The van der Waals surface area contributed by atoms with Crippen LogP contribution in [0.3, 0.4) is 0 Å². The first-order valence-corrected chi connectivity index (χ1v) is 10.4. The Bertz CT molecular complexity index is 1580. The number of carbonyl (C=O) groups is 1. The molecule has 33 heavy (non-hydrogen) atoms. The number of hydrogen-bond donors (Lipinski definition) is 2. The summed E-state index contributed by atoms with van der Waals surface area (Å²) in [6.45, 7) is 1.73. The summed E-state index contributed by atoms with van der Waals surface area (Å²) in [7, 11) is 0. The minimum Gasteiger partial charge on any atom is -0.381 e. The summed E-state index contributed by atoms with van der Waals surface area (Å²) in [5.74, 6) is -0.176. The molecule has 0 saturated heterocycles. The van der Waals surface area contributed by atoms with Gasteiger partial charge < -0.3 is 11.1 Å². The quantitative estimate of drug-likeness (QED) is 0.421. The second-order valence-electron chi connectivity index (χ2n) is 7.32. The lowest BCUT2D eigenvalue weighted by molar-refractivity contribution is 0.0940.